The normalized spacial score (nSPS) is 12.4. The highest BCUT2D eigenvalue weighted by molar-refractivity contribution is 5.26. The fourth-order valence-electron chi connectivity index (χ4n) is 1.99. The van der Waals surface area contributed by atoms with Gasteiger partial charge in [-0.2, -0.15) is 0 Å². The van der Waals surface area contributed by atoms with Crippen LogP contribution in [0.15, 0.2) is 18.7 Å². The molecule has 0 aliphatic heterocycles. The summed E-state index contributed by atoms with van der Waals surface area (Å²) in [5.74, 6) is 1.60. The van der Waals surface area contributed by atoms with Crippen molar-refractivity contribution in [2.24, 2.45) is 0 Å². The maximum atomic E-state index is 5.09. The Morgan fingerprint density at radius 3 is 2.68 bits per heavy atom. The quantitative estimate of drug-likeness (QED) is 0.766. The number of nitrogens with one attached hydrogen (secondary N) is 1. The maximum Gasteiger partial charge on any atom is 0.224 e. The van der Waals surface area contributed by atoms with Gasteiger partial charge in [0.2, 0.25) is 5.95 Å². The molecule has 0 spiro atoms. The van der Waals surface area contributed by atoms with E-state index in [1.54, 1.807) is 13.4 Å². The van der Waals surface area contributed by atoms with E-state index in [4.69, 9.17) is 4.74 Å². The molecule has 0 fully saturated rings. The largest absolute Gasteiger partial charge is 0.383 e. The fourth-order valence-corrected chi connectivity index (χ4v) is 1.99. The lowest BCUT2D eigenvalue weighted by Gasteiger charge is -2.15. The first-order valence-electron chi connectivity index (χ1n) is 7.20. The van der Waals surface area contributed by atoms with E-state index in [1.807, 2.05) is 36.0 Å². The zero-order chi connectivity index (χ0) is 15.9. The molecule has 120 valence electrons. The lowest BCUT2D eigenvalue weighted by molar-refractivity contribution is 0.185. The average Bonchev–Trinajstić information content (AvgIpc) is 2.99. The third kappa shape index (κ3) is 4.22. The van der Waals surface area contributed by atoms with Crippen molar-refractivity contribution in [1.29, 1.82) is 0 Å². The van der Waals surface area contributed by atoms with Crippen LogP contribution in [0.25, 0.3) is 0 Å². The Kier molecular flexibility index (Phi) is 5.79. The van der Waals surface area contributed by atoms with Crippen LogP contribution < -0.4 is 10.2 Å². The molecule has 0 aliphatic carbocycles. The van der Waals surface area contributed by atoms with E-state index in [2.05, 4.69) is 32.4 Å². The van der Waals surface area contributed by atoms with Gasteiger partial charge in [-0.3, -0.25) is 0 Å². The van der Waals surface area contributed by atoms with Crippen LogP contribution in [0.3, 0.4) is 0 Å². The van der Waals surface area contributed by atoms with Crippen LogP contribution in [0.5, 0.6) is 0 Å². The number of hydrogen-bond acceptors (Lipinski definition) is 7. The second-order valence-electron chi connectivity index (χ2n) is 5.26. The monoisotopic (exact) mass is 305 g/mol. The standard InChI is InChI=1S/C14H23N7O/c1-11(13-19-18-10-21(13)5-6-22-4)15-7-12-8-16-14(17-9-12)20(2)3/h8-11,15H,5-7H2,1-4H3. The molecule has 0 aliphatic rings. The summed E-state index contributed by atoms with van der Waals surface area (Å²) in [5, 5.41) is 11.6. The SMILES string of the molecule is COCCn1cnnc1C(C)NCc1cnc(N(C)C)nc1. The highest BCUT2D eigenvalue weighted by Crippen LogP contribution is 2.10. The number of hydrogen-bond donors (Lipinski definition) is 1. The summed E-state index contributed by atoms with van der Waals surface area (Å²) in [7, 11) is 5.52. The summed E-state index contributed by atoms with van der Waals surface area (Å²) in [5.41, 5.74) is 1.03. The molecule has 8 nitrogen and oxygen atoms in total. The molecule has 8 heteroatoms. The van der Waals surface area contributed by atoms with E-state index in [1.165, 1.54) is 0 Å². The van der Waals surface area contributed by atoms with Crippen molar-refractivity contribution in [1.82, 2.24) is 30.0 Å². The average molecular weight is 305 g/mol. The van der Waals surface area contributed by atoms with Gasteiger partial charge >= 0.3 is 0 Å². The Labute approximate surface area is 130 Å². The van der Waals surface area contributed by atoms with Crippen LogP contribution in [0.4, 0.5) is 5.95 Å². The predicted molar refractivity (Wildman–Crippen MR) is 83.5 cm³/mol. The van der Waals surface area contributed by atoms with Crippen molar-refractivity contribution in [3.8, 4) is 0 Å². The summed E-state index contributed by atoms with van der Waals surface area (Å²) >= 11 is 0. The molecular weight excluding hydrogens is 282 g/mol. The van der Waals surface area contributed by atoms with E-state index < -0.39 is 0 Å². The van der Waals surface area contributed by atoms with Crippen LogP contribution >= 0.6 is 0 Å². The molecule has 2 aromatic heterocycles. The number of anilines is 1. The van der Waals surface area contributed by atoms with Crippen LogP contribution in [-0.2, 0) is 17.8 Å². The number of aromatic nitrogens is 5. The van der Waals surface area contributed by atoms with Crippen molar-refractivity contribution in [2.75, 3.05) is 32.7 Å². The smallest absolute Gasteiger partial charge is 0.224 e. The number of nitrogens with zero attached hydrogens (tertiary/aromatic N) is 6. The van der Waals surface area contributed by atoms with Crippen molar-refractivity contribution in [2.45, 2.75) is 26.1 Å². The van der Waals surface area contributed by atoms with Crippen LogP contribution in [0, 0.1) is 0 Å². The predicted octanol–water partition coefficient (Wildman–Crippen LogP) is 0.631. The molecule has 0 amide bonds. The molecule has 2 rings (SSSR count). The van der Waals surface area contributed by atoms with Gasteiger partial charge in [0.25, 0.3) is 0 Å². The Hall–Kier alpha value is -2.06. The summed E-state index contributed by atoms with van der Waals surface area (Å²) in [6.45, 7) is 4.11. The molecule has 0 saturated heterocycles. The highest BCUT2D eigenvalue weighted by Gasteiger charge is 2.12. The summed E-state index contributed by atoms with van der Waals surface area (Å²) in [6.07, 6.45) is 5.39. The molecule has 2 heterocycles. The Bertz CT molecular complexity index is 567. The topological polar surface area (TPSA) is 81.0 Å². The minimum Gasteiger partial charge on any atom is -0.383 e. The summed E-state index contributed by atoms with van der Waals surface area (Å²) in [4.78, 5) is 10.5. The van der Waals surface area contributed by atoms with Gasteiger partial charge in [0, 0.05) is 52.3 Å². The van der Waals surface area contributed by atoms with Gasteiger partial charge in [0.05, 0.1) is 12.6 Å². The maximum absolute atomic E-state index is 5.09. The highest BCUT2D eigenvalue weighted by atomic mass is 16.5. The van der Waals surface area contributed by atoms with E-state index in [9.17, 15) is 0 Å². The summed E-state index contributed by atoms with van der Waals surface area (Å²) in [6, 6.07) is 0.0767. The molecule has 22 heavy (non-hydrogen) atoms. The zero-order valence-corrected chi connectivity index (χ0v) is 13.5. The Balaban J connectivity index is 1.92. The third-order valence-corrected chi connectivity index (χ3v) is 3.27. The molecule has 1 unspecified atom stereocenters. The zero-order valence-electron chi connectivity index (χ0n) is 13.5. The van der Waals surface area contributed by atoms with Crippen molar-refractivity contribution in [3.05, 3.63) is 30.1 Å². The molecule has 0 aromatic carbocycles. The van der Waals surface area contributed by atoms with Crippen LogP contribution in [0.2, 0.25) is 0 Å². The van der Waals surface area contributed by atoms with E-state index >= 15 is 0 Å². The first kappa shape index (κ1) is 16.3. The number of methoxy groups -OCH3 is 1. The fraction of sp³-hybridized carbons (Fsp3) is 0.571. The molecular formula is C14H23N7O. The lowest BCUT2D eigenvalue weighted by atomic mass is 10.2. The first-order chi connectivity index (χ1) is 10.6. The van der Waals surface area contributed by atoms with Crippen LogP contribution in [-0.4, -0.2) is 52.5 Å². The minimum absolute atomic E-state index is 0.0767. The van der Waals surface area contributed by atoms with Gasteiger partial charge < -0.3 is 19.5 Å². The van der Waals surface area contributed by atoms with Gasteiger partial charge in [0.1, 0.15) is 12.2 Å². The minimum atomic E-state index is 0.0767. The van der Waals surface area contributed by atoms with Crippen molar-refractivity contribution < 1.29 is 4.74 Å². The second kappa shape index (κ2) is 7.81. The Morgan fingerprint density at radius 2 is 2.05 bits per heavy atom. The van der Waals surface area contributed by atoms with Gasteiger partial charge in [-0.25, -0.2) is 9.97 Å². The van der Waals surface area contributed by atoms with Crippen molar-refractivity contribution >= 4 is 5.95 Å². The van der Waals surface area contributed by atoms with Gasteiger partial charge in [0.15, 0.2) is 0 Å². The molecule has 1 atom stereocenters. The van der Waals surface area contributed by atoms with E-state index in [0.717, 1.165) is 17.9 Å². The second-order valence-corrected chi connectivity index (χ2v) is 5.26. The molecule has 0 radical (unpaired) electrons. The number of rotatable bonds is 8. The Morgan fingerprint density at radius 1 is 1.32 bits per heavy atom. The molecule has 0 bridgehead atoms. The van der Waals surface area contributed by atoms with Gasteiger partial charge in [-0.05, 0) is 6.92 Å². The van der Waals surface area contributed by atoms with Gasteiger partial charge in [-0.15, -0.1) is 10.2 Å². The van der Waals surface area contributed by atoms with E-state index in [-0.39, 0.29) is 6.04 Å². The van der Waals surface area contributed by atoms with Crippen molar-refractivity contribution in [3.63, 3.8) is 0 Å². The van der Waals surface area contributed by atoms with E-state index in [0.29, 0.717) is 19.1 Å². The van der Waals surface area contributed by atoms with Gasteiger partial charge in [-0.1, -0.05) is 0 Å². The van der Waals surface area contributed by atoms with Crippen LogP contribution in [0.1, 0.15) is 24.4 Å². The molecule has 0 saturated carbocycles. The summed E-state index contributed by atoms with van der Waals surface area (Å²) < 4.78 is 7.09. The molecule has 1 N–H and O–H groups in total. The third-order valence-electron chi connectivity index (χ3n) is 3.27. The first-order valence-corrected chi connectivity index (χ1v) is 7.20. The number of ether oxygens (including phenoxy) is 1. The molecule has 2 aromatic rings. The lowest BCUT2D eigenvalue weighted by Crippen LogP contribution is -2.23.